The van der Waals surface area contributed by atoms with Crippen molar-refractivity contribution in [2.75, 3.05) is 6.54 Å². The molecule has 1 heterocycles. The van der Waals surface area contributed by atoms with Gasteiger partial charge in [0.1, 0.15) is 17.2 Å². The fraction of sp³-hybridized carbons (Fsp3) is 0.484. The number of carbonyl (C=O) groups is 3. The number of nitrogens with zero attached hydrogens (tertiary/aromatic N) is 1. The van der Waals surface area contributed by atoms with Crippen molar-refractivity contribution in [1.29, 1.82) is 0 Å². The Kier molecular flexibility index (Phi) is 16.2. The van der Waals surface area contributed by atoms with Crippen molar-refractivity contribution in [3.05, 3.63) is 71.3 Å². The monoisotopic (exact) mass is 601 g/mol. The molecule has 11 heteroatoms. The minimum Gasteiger partial charge on any atom is -0.444 e. The smallest absolute Gasteiger partial charge is 0.444 e. The molecule has 0 bridgehead atoms. The van der Waals surface area contributed by atoms with E-state index in [1.165, 1.54) is 36.4 Å². The fourth-order valence-electron chi connectivity index (χ4n) is 3.34. The fourth-order valence-corrected chi connectivity index (χ4v) is 3.34. The third kappa shape index (κ3) is 17.2. The van der Waals surface area contributed by atoms with E-state index >= 15 is 0 Å². The normalized spacial score (nSPS) is 15.1. The summed E-state index contributed by atoms with van der Waals surface area (Å²) in [5.41, 5.74) is 2.11. The Bertz CT molecular complexity index is 1150. The van der Waals surface area contributed by atoms with E-state index < -0.39 is 24.2 Å². The lowest BCUT2D eigenvalue weighted by Gasteiger charge is -2.20. The minimum absolute atomic E-state index is 0.0685. The predicted molar refractivity (Wildman–Crippen MR) is 154 cm³/mol. The van der Waals surface area contributed by atoms with Crippen molar-refractivity contribution in [1.82, 2.24) is 5.32 Å². The molecule has 42 heavy (non-hydrogen) atoms. The van der Waals surface area contributed by atoms with Crippen molar-refractivity contribution in [3.63, 3.8) is 0 Å². The quantitative estimate of drug-likeness (QED) is 0.206. The Balaban J connectivity index is 0.000000675. The van der Waals surface area contributed by atoms with Gasteiger partial charge in [-0.25, -0.2) is 13.6 Å². The van der Waals surface area contributed by atoms with Crippen molar-refractivity contribution < 1.29 is 42.4 Å². The molecular formula is C31H41F5N2O4. The number of hydrogen-bond donors (Lipinski definition) is 1. The van der Waals surface area contributed by atoms with Gasteiger partial charge in [0.25, 0.3) is 0 Å². The van der Waals surface area contributed by atoms with Gasteiger partial charge >= 0.3 is 12.3 Å². The highest BCUT2D eigenvalue weighted by atomic mass is 19.4. The van der Waals surface area contributed by atoms with Crippen LogP contribution in [-0.4, -0.2) is 48.2 Å². The third-order valence-corrected chi connectivity index (χ3v) is 5.31. The summed E-state index contributed by atoms with van der Waals surface area (Å²) < 4.78 is 68.0. The highest BCUT2D eigenvalue weighted by Gasteiger charge is 2.25. The summed E-state index contributed by atoms with van der Waals surface area (Å²) in [4.78, 5) is 36.7. The first-order chi connectivity index (χ1) is 19.9. The van der Waals surface area contributed by atoms with Crippen LogP contribution in [0.25, 0.3) is 0 Å². The molecule has 2 aromatic rings. The lowest BCUT2D eigenvalue weighted by molar-refractivity contribution is -0.156. The van der Waals surface area contributed by atoms with Gasteiger partial charge in [-0.1, -0.05) is 32.9 Å². The third-order valence-electron chi connectivity index (χ3n) is 5.31. The van der Waals surface area contributed by atoms with Crippen molar-refractivity contribution in [2.45, 2.75) is 85.5 Å². The average Bonchev–Trinajstić information content (AvgIpc) is 3.35. The highest BCUT2D eigenvalue weighted by molar-refractivity contribution is 6.01. The first-order valence-corrected chi connectivity index (χ1v) is 13.3. The second-order valence-corrected chi connectivity index (χ2v) is 10.1. The summed E-state index contributed by atoms with van der Waals surface area (Å²) in [6, 6.07) is 12.5. The molecule has 0 fully saturated rings. The molecule has 234 valence electrons. The summed E-state index contributed by atoms with van der Waals surface area (Å²) >= 11 is 0. The molecule has 2 aromatic carbocycles. The van der Waals surface area contributed by atoms with Crippen LogP contribution in [0.5, 0.6) is 0 Å². The van der Waals surface area contributed by atoms with E-state index in [1.807, 2.05) is 0 Å². The van der Waals surface area contributed by atoms with Gasteiger partial charge in [0.05, 0.1) is 0 Å². The van der Waals surface area contributed by atoms with Gasteiger partial charge in [0, 0.05) is 31.2 Å². The first-order valence-electron chi connectivity index (χ1n) is 14.0. The van der Waals surface area contributed by atoms with Gasteiger partial charge in [0.15, 0.2) is 5.78 Å². The van der Waals surface area contributed by atoms with Gasteiger partial charge in [-0.3, -0.25) is 14.6 Å². The Labute approximate surface area is 246 Å². The topological polar surface area (TPSA) is 84.8 Å². The molecule has 3 rings (SSSR count). The molecule has 1 N–H and O–H groups in total. The molecule has 0 spiro atoms. The van der Waals surface area contributed by atoms with E-state index in [1.54, 1.807) is 46.8 Å². The van der Waals surface area contributed by atoms with Crippen LogP contribution in [0.15, 0.2) is 53.5 Å². The molecule has 0 saturated carbocycles. The summed E-state index contributed by atoms with van der Waals surface area (Å²) in [6.45, 7) is 11.9. The lowest BCUT2D eigenvalue weighted by atomic mass is 9.96. The highest BCUT2D eigenvalue weighted by Crippen LogP contribution is 2.18. The van der Waals surface area contributed by atoms with Gasteiger partial charge in [0.2, 0.25) is 6.29 Å². The number of ketones is 1. The van der Waals surface area contributed by atoms with Crippen molar-refractivity contribution >= 4 is 23.9 Å². The van der Waals surface area contributed by atoms with Crippen molar-refractivity contribution in [3.8, 4) is 0 Å². The number of carbonyl (C=O) groups excluding carboxylic acids is 3. The van der Waals surface area contributed by atoms with Crippen LogP contribution < -0.4 is 5.32 Å². The Hall–Kier alpha value is -3.63. The molecule has 1 aliphatic rings. The zero-order valence-corrected chi connectivity index (χ0v) is 24.9. The average molecular weight is 602 g/mol. The Morgan fingerprint density at radius 3 is 1.95 bits per heavy atom. The number of rotatable bonds is 6. The van der Waals surface area contributed by atoms with Crippen LogP contribution in [0.4, 0.5) is 26.7 Å². The van der Waals surface area contributed by atoms with Crippen LogP contribution >= 0.6 is 0 Å². The zero-order chi connectivity index (χ0) is 33.2. The number of nitrogens with one attached hydrogen (secondary N) is 1. The molecule has 1 aliphatic heterocycles. The number of ether oxygens (including phenoxy) is 1. The largest absolute Gasteiger partial charge is 0.446 e. The standard InChI is InChI=1S/C16H22FNO3.C11H12FN.C2HF3O.C2H6/c1-11(9-10-18-15(20)21-16(2,3)4)14(19)12-5-7-13(17)8-6-12;1-8-2-7-11(13-8)9-3-5-10(12)6-4-9;3-2(4,5)1-6;1-2/h5-8,11H,9-10H2,1-4H3,(H,18,20);3-6,8H,2,7H2,1H3;1H;1-2H3/t11-;8-;;/m00../s1/i;;;1D. The second-order valence-electron chi connectivity index (χ2n) is 10.1. The minimum atomic E-state index is -4.64. The first kappa shape index (κ1) is 36.4. The number of alkyl halides is 3. The molecular weight excluding hydrogens is 559 g/mol. The maximum Gasteiger partial charge on any atom is 0.446 e. The van der Waals surface area contributed by atoms with Crippen LogP contribution in [0.3, 0.4) is 0 Å². The molecule has 0 aromatic heterocycles. The van der Waals surface area contributed by atoms with Gasteiger partial charge < -0.3 is 10.1 Å². The predicted octanol–water partition coefficient (Wildman–Crippen LogP) is 8.13. The Morgan fingerprint density at radius 2 is 1.55 bits per heavy atom. The van der Waals surface area contributed by atoms with Gasteiger partial charge in [-0.05, 0) is 88.9 Å². The van der Waals surface area contributed by atoms with E-state index in [-0.39, 0.29) is 23.3 Å². The summed E-state index contributed by atoms with van der Waals surface area (Å²) in [7, 11) is 0. The van der Waals surface area contributed by atoms with E-state index in [4.69, 9.17) is 10.9 Å². The van der Waals surface area contributed by atoms with E-state index in [0.717, 1.165) is 24.1 Å². The molecule has 0 aliphatic carbocycles. The van der Waals surface area contributed by atoms with E-state index in [2.05, 4.69) is 17.2 Å². The number of alkyl carbamates (subject to hydrolysis) is 1. The summed E-state index contributed by atoms with van der Waals surface area (Å²) in [6.07, 6.45) is -3.56. The number of amides is 1. The lowest BCUT2D eigenvalue weighted by Crippen LogP contribution is -2.33. The molecule has 6 nitrogen and oxygen atoms in total. The van der Waals surface area contributed by atoms with Gasteiger partial charge in [-0.15, -0.1) is 0 Å². The molecule has 0 unspecified atom stereocenters. The summed E-state index contributed by atoms with van der Waals surface area (Å²) in [5.74, 6) is -0.882. The molecule has 1 amide bonds. The number of hydrogen-bond acceptors (Lipinski definition) is 5. The number of aliphatic imine (C=N–C) groups is 1. The SMILES string of the molecule is C[C@@H](CCNC(=O)OC(C)(C)C)C(=O)c1ccc(F)cc1.C[C@H]1CCC(c2ccc(F)cc2)=N1.O=CC(F)(F)F.[2H]CC. The summed E-state index contributed by atoms with van der Waals surface area (Å²) in [5, 5.41) is 2.61. The number of aldehydes is 1. The van der Waals surface area contributed by atoms with E-state index in [9.17, 15) is 31.5 Å². The van der Waals surface area contributed by atoms with E-state index in [0.29, 0.717) is 31.5 Å². The van der Waals surface area contributed by atoms with Crippen LogP contribution in [0, 0.1) is 17.6 Å². The molecule has 0 saturated heterocycles. The maximum absolute atomic E-state index is 12.8. The number of benzene rings is 2. The number of Topliss-reactive ketones (excluding diaryl/α,β-unsaturated/α-hetero) is 1. The van der Waals surface area contributed by atoms with Crippen LogP contribution in [0.2, 0.25) is 0 Å². The van der Waals surface area contributed by atoms with Crippen molar-refractivity contribution in [2.24, 2.45) is 10.9 Å². The molecule has 0 radical (unpaired) electrons. The number of halogens is 5. The zero-order valence-electron chi connectivity index (χ0n) is 25.9. The van der Waals surface area contributed by atoms with Crippen LogP contribution in [-0.2, 0) is 9.53 Å². The second kappa shape index (κ2) is 18.7. The molecule has 2 atom stereocenters. The van der Waals surface area contributed by atoms with Crippen LogP contribution in [0.1, 0.15) is 85.0 Å². The maximum atomic E-state index is 12.8. The van der Waals surface area contributed by atoms with Gasteiger partial charge in [-0.2, -0.15) is 13.2 Å². The Morgan fingerprint density at radius 1 is 1.07 bits per heavy atom.